The largest absolute Gasteiger partial charge is 0.397 e. The smallest absolute Gasteiger partial charge is 0.240 e. The van der Waals surface area contributed by atoms with Crippen LogP contribution in [0.2, 0.25) is 0 Å². The third kappa shape index (κ3) is 3.84. The minimum absolute atomic E-state index is 0.0224. The molecule has 1 rings (SSSR count). The van der Waals surface area contributed by atoms with Gasteiger partial charge in [0, 0.05) is 13.1 Å². The van der Waals surface area contributed by atoms with Gasteiger partial charge in [0.05, 0.1) is 22.8 Å². The summed E-state index contributed by atoms with van der Waals surface area (Å²) in [5.74, 6) is -0.508. The monoisotopic (exact) mass is 300 g/mol. The van der Waals surface area contributed by atoms with Crippen LogP contribution >= 0.6 is 0 Å². The van der Waals surface area contributed by atoms with E-state index in [1.807, 2.05) is 6.92 Å². The molecule has 0 aromatic heterocycles. The quantitative estimate of drug-likeness (QED) is 0.607. The molecule has 0 spiro atoms. The molecule has 0 aliphatic rings. The summed E-state index contributed by atoms with van der Waals surface area (Å²) in [6, 6.07) is 4.37. The number of carbonyl (C=O) groups excluding carboxylic acids is 1. The predicted octanol–water partition coefficient (Wildman–Crippen LogP) is -0.121. The second kappa shape index (κ2) is 6.58. The molecule has 1 aromatic carbocycles. The van der Waals surface area contributed by atoms with Gasteiger partial charge in [-0.1, -0.05) is 6.92 Å². The lowest BCUT2D eigenvalue weighted by atomic mass is 10.2. The second-order valence-electron chi connectivity index (χ2n) is 4.20. The van der Waals surface area contributed by atoms with Crippen molar-refractivity contribution < 1.29 is 13.2 Å². The maximum absolute atomic E-state index is 12.0. The van der Waals surface area contributed by atoms with Crippen LogP contribution in [0.4, 0.5) is 11.4 Å². The first-order chi connectivity index (χ1) is 9.31. The Balaban J connectivity index is 3.24. The van der Waals surface area contributed by atoms with Crippen molar-refractivity contribution in [2.24, 2.45) is 5.73 Å². The van der Waals surface area contributed by atoms with Crippen LogP contribution in [0.5, 0.6) is 0 Å². The van der Waals surface area contributed by atoms with Gasteiger partial charge in [0.1, 0.15) is 0 Å². The summed E-state index contributed by atoms with van der Waals surface area (Å²) >= 11 is 0. The van der Waals surface area contributed by atoms with Gasteiger partial charge in [-0.15, -0.1) is 0 Å². The average Bonchev–Trinajstić information content (AvgIpc) is 2.36. The lowest BCUT2D eigenvalue weighted by molar-refractivity contribution is -0.116. The van der Waals surface area contributed by atoms with E-state index in [1.165, 1.54) is 18.2 Å². The molecule has 0 saturated carbocycles. The number of rotatable bonds is 7. The van der Waals surface area contributed by atoms with Crippen molar-refractivity contribution in [1.29, 1.82) is 0 Å². The van der Waals surface area contributed by atoms with Crippen LogP contribution in [0, 0.1) is 0 Å². The third-order valence-corrected chi connectivity index (χ3v) is 4.26. The Morgan fingerprint density at radius 2 is 2.00 bits per heavy atom. The van der Waals surface area contributed by atoms with Gasteiger partial charge >= 0.3 is 0 Å². The number of nitrogens with one attached hydrogen (secondary N) is 1. The molecule has 0 radical (unpaired) electrons. The Morgan fingerprint density at radius 1 is 1.35 bits per heavy atom. The molecular weight excluding hydrogens is 280 g/mol. The predicted molar refractivity (Wildman–Crippen MR) is 78.8 cm³/mol. The summed E-state index contributed by atoms with van der Waals surface area (Å²) in [6.45, 7) is 4.28. The lowest BCUT2D eigenvalue weighted by Crippen LogP contribution is -2.34. The van der Waals surface area contributed by atoms with Crippen LogP contribution in [0.15, 0.2) is 23.1 Å². The number of hydrogen-bond donors (Lipinski definition) is 3. The van der Waals surface area contributed by atoms with E-state index in [9.17, 15) is 13.2 Å². The summed E-state index contributed by atoms with van der Waals surface area (Å²) in [6.07, 6.45) is 0. The Bertz CT molecular complexity index is 586. The van der Waals surface area contributed by atoms with Gasteiger partial charge in [-0.3, -0.25) is 4.79 Å². The highest BCUT2D eigenvalue weighted by Crippen LogP contribution is 2.26. The van der Waals surface area contributed by atoms with E-state index in [-0.39, 0.29) is 11.4 Å². The number of carbonyl (C=O) groups is 1. The molecule has 0 aliphatic heterocycles. The lowest BCUT2D eigenvalue weighted by Gasteiger charge is -2.23. The fraction of sp³-hybridized carbons (Fsp3) is 0.417. The van der Waals surface area contributed by atoms with Crippen molar-refractivity contribution in [2.45, 2.75) is 18.7 Å². The van der Waals surface area contributed by atoms with Crippen molar-refractivity contribution in [2.75, 3.05) is 30.3 Å². The molecular formula is C12H20N4O3S. The number of sulfonamides is 1. The van der Waals surface area contributed by atoms with E-state index in [2.05, 4.69) is 4.72 Å². The van der Waals surface area contributed by atoms with Gasteiger partial charge in [0.25, 0.3) is 0 Å². The van der Waals surface area contributed by atoms with Gasteiger partial charge < -0.3 is 16.4 Å². The van der Waals surface area contributed by atoms with Crippen LogP contribution < -0.4 is 21.1 Å². The first kappa shape index (κ1) is 16.3. The number of amides is 1. The average molecular weight is 300 g/mol. The van der Waals surface area contributed by atoms with Gasteiger partial charge in [-0.05, 0) is 25.1 Å². The number of nitrogens with two attached hydrogens (primary N) is 2. The van der Waals surface area contributed by atoms with Crippen LogP contribution in [-0.2, 0) is 14.8 Å². The molecule has 0 fully saturated rings. The minimum Gasteiger partial charge on any atom is -0.397 e. The molecule has 0 aliphatic carbocycles. The third-order valence-electron chi connectivity index (χ3n) is 2.72. The molecule has 7 nitrogen and oxygen atoms in total. The van der Waals surface area contributed by atoms with Crippen molar-refractivity contribution in [3.8, 4) is 0 Å². The molecule has 1 amide bonds. The first-order valence-corrected chi connectivity index (χ1v) is 7.72. The summed E-state index contributed by atoms with van der Waals surface area (Å²) in [7, 11) is -3.57. The SMILES string of the molecule is CCNS(=O)(=O)c1ccc(N)c(N(CC)CC(N)=O)c1. The van der Waals surface area contributed by atoms with Gasteiger partial charge in [0.15, 0.2) is 0 Å². The van der Waals surface area contributed by atoms with Crippen LogP contribution in [0.3, 0.4) is 0 Å². The highest BCUT2D eigenvalue weighted by atomic mass is 32.2. The van der Waals surface area contributed by atoms with Crippen molar-refractivity contribution in [1.82, 2.24) is 4.72 Å². The van der Waals surface area contributed by atoms with E-state index in [0.29, 0.717) is 24.5 Å². The zero-order valence-corrected chi connectivity index (χ0v) is 12.4. The van der Waals surface area contributed by atoms with Crippen molar-refractivity contribution >= 4 is 27.3 Å². The molecule has 20 heavy (non-hydrogen) atoms. The minimum atomic E-state index is -3.57. The Kier molecular flexibility index (Phi) is 5.34. The fourth-order valence-corrected chi connectivity index (χ4v) is 2.85. The standard InChI is InChI=1S/C12H20N4O3S/c1-3-15-20(18,19)9-5-6-10(13)11(7-9)16(4-2)8-12(14)17/h5-7,15H,3-4,8,13H2,1-2H3,(H2,14,17). The van der Waals surface area contributed by atoms with Gasteiger partial charge in [-0.25, -0.2) is 13.1 Å². The van der Waals surface area contributed by atoms with Crippen LogP contribution in [0.25, 0.3) is 0 Å². The molecule has 112 valence electrons. The van der Waals surface area contributed by atoms with E-state index in [4.69, 9.17) is 11.5 Å². The molecule has 1 aromatic rings. The zero-order chi connectivity index (χ0) is 15.3. The number of hydrogen-bond acceptors (Lipinski definition) is 5. The molecule has 0 atom stereocenters. The fourth-order valence-electron chi connectivity index (χ4n) is 1.79. The van der Waals surface area contributed by atoms with E-state index < -0.39 is 15.9 Å². The normalized spacial score (nSPS) is 11.3. The number of primary amides is 1. The second-order valence-corrected chi connectivity index (χ2v) is 5.97. The molecule has 0 saturated heterocycles. The maximum Gasteiger partial charge on any atom is 0.240 e. The molecule has 0 unspecified atom stereocenters. The van der Waals surface area contributed by atoms with Crippen LogP contribution in [0.1, 0.15) is 13.8 Å². The van der Waals surface area contributed by atoms with E-state index in [1.54, 1.807) is 11.8 Å². The zero-order valence-electron chi connectivity index (χ0n) is 11.6. The van der Waals surface area contributed by atoms with Crippen molar-refractivity contribution in [3.63, 3.8) is 0 Å². The summed E-state index contributed by atoms with van der Waals surface area (Å²) in [5.41, 5.74) is 11.9. The van der Waals surface area contributed by atoms with Gasteiger partial charge in [-0.2, -0.15) is 0 Å². The molecule has 5 N–H and O–H groups in total. The summed E-state index contributed by atoms with van der Waals surface area (Å²) in [5, 5.41) is 0. The number of benzene rings is 1. The molecule has 0 heterocycles. The molecule has 0 bridgehead atoms. The summed E-state index contributed by atoms with van der Waals surface area (Å²) < 4.78 is 26.3. The number of nitrogen functional groups attached to an aromatic ring is 1. The highest BCUT2D eigenvalue weighted by Gasteiger charge is 2.17. The topological polar surface area (TPSA) is 119 Å². The van der Waals surface area contributed by atoms with E-state index >= 15 is 0 Å². The Morgan fingerprint density at radius 3 is 2.50 bits per heavy atom. The van der Waals surface area contributed by atoms with E-state index in [0.717, 1.165) is 0 Å². The highest BCUT2D eigenvalue weighted by molar-refractivity contribution is 7.89. The number of nitrogens with zero attached hydrogens (tertiary/aromatic N) is 1. The Labute approximate surface area is 119 Å². The maximum atomic E-state index is 12.0. The summed E-state index contributed by atoms with van der Waals surface area (Å²) in [4.78, 5) is 12.8. The van der Waals surface area contributed by atoms with Crippen LogP contribution in [-0.4, -0.2) is 34.0 Å². The number of anilines is 2. The first-order valence-electron chi connectivity index (χ1n) is 6.24. The van der Waals surface area contributed by atoms with Crippen molar-refractivity contribution in [3.05, 3.63) is 18.2 Å². The van der Waals surface area contributed by atoms with Gasteiger partial charge in [0.2, 0.25) is 15.9 Å². The molecule has 8 heteroatoms. The Hall–Kier alpha value is -1.80. The number of likely N-dealkylation sites (N-methyl/N-ethyl adjacent to an activating group) is 1.